The first-order valence-corrected chi connectivity index (χ1v) is 18.3. The summed E-state index contributed by atoms with van der Waals surface area (Å²) >= 11 is 0. The highest BCUT2D eigenvalue weighted by Gasteiger charge is 2.35. The molecule has 0 aliphatic rings. The number of nitrogens with one attached hydrogen (secondary N) is 6. The fourth-order valence-electron chi connectivity index (χ4n) is 5.21. The first-order chi connectivity index (χ1) is 24.9. The number of primary amides is 2. The van der Waals surface area contributed by atoms with Crippen molar-refractivity contribution in [3.05, 3.63) is 0 Å². The van der Waals surface area contributed by atoms with Crippen LogP contribution in [0.4, 0.5) is 0 Å². The molecule has 0 saturated heterocycles. The van der Waals surface area contributed by atoms with Gasteiger partial charge in [0.2, 0.25) is 47.3 Å². The summed E-state index contributed by atoms with van der Waals surface area (Å²) in [4.78, 5) is 114. The minimum atomic E-state index is -1.41. The third-order valence-corrected chi connectivity index (χ3v) is 8.52. The molecule has 0 bridgehead atoms. The molecule has 0 saturated carbocycles. The Balaban J connectivity index is 6.19. The highest BCUT2D eigenvalue weighted by Crippen LogP contribution is 2.13. The lowest BCUT2D eigenvalue weighted by Crippen LogP contribution is -2.61. The number of aliphatic carboxylic acids is 1. The lowest BCUT2D eigenvalue weighted by molar-refractivity contribution is -0.142. The van der Waals surface area contributed by atoms with E-state index in [0.29, 0.717) is 6.42 Å². The van der Waals surface area contributed by atoms with E-state index in [4.69, 9.17) is 17.2 Å². The molecule has 0 aliphatic carbocycles. The van der Waals surface area contributed by atoms with Crippen molar-refractivity contribution in [3.63, 3.8) is 0 Å². The van der Waals surface area contributed by atoms with E-state index in [2.05, 4.69) is 31.9 Å². The molecule has 19 nitrogen and oxygen atoms in total. The zero-order chi connectivity index (χ0) is 42.0. The Labute approximate surface area is 317 Å². The van der Waals surface area contributed by atoms with Crippen LogP contribution in [0.15, 0.2) is 0 Å². The van der Waals surface area contributed by atoms with E-state index >= 15 is 0 Å². The molecule has 308 valence electrons. The fraction of sp³-hybridized carbons (Fsp3) is 0.743. The largest absolute Gasteiger partial charge is 0.480 e. The van der Waals surface area contributed by atoms with Crippen LogP contribution in [0.1, 0.15) is 101 Å². The average Bonchev–Trinajstić information content (AvgIpc) is 3.05. The summed E-state index contributed by atoms with van der Waals surface area (Å²) in [5, 5.41) is 24.7. The van der Waals surface area contributed by atoms with Gasteiger partial charge in [0.05, 0.1) is 12.5 Å². The number of amides is 8. The van der Waals surface area contributed by atoms with Gasteiger partial charge in [0.15, 0.2) is 0 Å². The number of hydrogen-bond acceptors (Lipinski definition) is 10. The van der Waals surface area contributed by atoms with Gasteiger partial charge in [-0.25, -0.2) is 4.79 Å². The molecule has 54 heavy (non-hydrogen) atoms. The standard InChI is InChI=1S/C35H63N9O10/c1-10-19(8)28(34(52)39-20(9)29(47)42-24(35(53)54)14-17(4)5)44-31(49)22(11-12-25(37)45)40-32(50)23(13-16(2)3)41-33(51)27(18(6)7)43-30(48)21(36)15-26(38)46/h16-24,27-28H,10-15,36H2,1-9H3,(H2,37,45)(H2,38,46)(H,39,52)(H,40,50)(H,41,51)(H,42,47)(H,43,48)(H,44,49)(H,53,54). The zero-order valence-corrected chi connectivity index (χ0v) is 32.9. The van der Waals surface area contributed by atoms with Crippen LogP contribution >= 0.6 is 0 Å². The Morgan fingerprint density at radius 2 is 1.02 bits per heavy atom. The molecular formula is C35H63N9O10. The Morgan fingerprint density at radius 3 is 1.48 bits per heavy atom. The van der Waals surface area contributed by atoms with Crippen molar-refractivity contribution in [2.75, 3.05) is 0 Å². The van der Waals surface area contributed by atoms with E-state index in [1.54, 1.807) is 55.4 Å². The van der Waals surface area contributed by atoms with E-state index in [1.807, 2.05) is 0 Å². The highest BCUT2D eigenvalue weighted by atomic mass is 16.4. The van der Waals surface area contributed by atoms with Gasteiger partial charge in [0, 0.05) is 6.42 Å². The summed E-state index contributed by atoms with van der Waals surface area (Å²) < 4.78 is 0. The third kappa shape index (κ3) is 18.3. The van der Waals surface area contributed by atoms with Crippen LogP contribution in [-0.4, -0.2) is 101 Å². The number of carbonyl (C=O) groups is 9. The molecule has 0 rings (SSSR count). The maximum Gasteiger partial charge on any atom is 0.326 e. The summed E-state index contributed by atoms with van der Waals surface area (Å²) in [6, 6.07) is -8.69. The molecule has 0 spiro atoms. The number of rotatable bonds is 25. The van der Waals surface area contributed by atoms with Crippen molar-refractivity contribution in [2.24, 2.45) is 40.9 Å². The average molecular weight is 770 g/mol. The molecule has 0 aromatic carbocycles. The molecule has 0 aromatic heterocycles. The normalized spacial score (nSPS) is 15.7. The van der Waals surface area contributed by atoms with Gasteiger partial charge in [0.25, 0.3) is 0 Å². The van der Waals surface area contributed by atoms with E-state index in [1.165, 1.54) is 6.92 Å². The number of nitrogens with two attached hydrogens (primary N) is 3. The second kappa shape index (κ2) is 23.8. The molecule has 0 heterocycles. The van der Waals surface area contributed by atoms with E-state index in [9.17, 15) is 48.3 Å². The topological polar surface area (TPSA) is 324 Å². The smallest absolute Gasteiger partial charge is 0.326 e. The van der Waals surface area contributed by atoms with E-state index < -0.39 is 114 Å². The van der Waals surface area contributed by atoms with E-state index in [-0.39, 0.29) is 37.5 Å². The number of carboxylic acid groups (broad SMARTS) is 1. The molecule has 8 unspecified atom stereocenters. The molecular weight excluding hydrogens is 706 g/mol. The van der Waals surface area contributed by atoms with Gasteiger partial charge in [-0.1, -0.05) is 61.8 Å². The second-order valence-corrected chi connectivity index (χ2v) is 14.9. The van der Waals surface area contributed by atoms with Crippen molar-refractivity contribution in [2.45, 2.75) is 143 Å². The number of carboxylic acids is 1. The van der Waals surface area contributed by atoms with Crippen molar-refractivity contribution in [1.82, 2.24) is 31.9 Å². The van der Waals surface area contributed by atoms with Crippen LogP contribution in [0.2, 0.25) is 0 Å². The van der Waals surface area contributed by atoms with Crippen molar-refractivity contribution in [3.8, 4) is 0 Å². The summed E-state index contributed by atoms with van der Waals surface area (Å²) in [5.41, 5.74) is 16.2. The van der Waals surface area contributed by atoms with E-state index in [0.717, 1.165) is 0 Å². The van der Waals surface area contributed by atoms with Crippen LogP contribution in [-0.2, 0) is 43.2 Å². The van der Waals surface area contributed by atoms with Crippen LogP contribution in [0, 0.1) is 23.7 Å². The van der Waals surface area contributed by atoms with Crippen molar-refractivity contribution in [1.29, 1.82) is 0 Å². The Kier molecular flexibility index (Phi) is 21.7. The van der Waals surface area contributed by atoms with Crippen molar-refractivity contribution < 1.29 is 48.3 Å². The third-order valence-electron chi connectivity index (χ3n) is 8.52. The fourth-order valence-corrected chi connectivity index (χ4v) is 5.21. The van der Waals surface area contributed by atoms with Gasteiger partial charge in [-0.15, -0.1) is 0 Å². The summed E-state index contributed by atoms with van der Waals surface area (Å²) in [6.45, 7) is 15.3. The van der Waals surface area contributed by atoms with Gasteiger partial charge in [-0.05, 0) is 49.9 Å². The van der Waals surface area contributed by atoms with Gasteiger partial charge >= 0.3 is 5.97 Å². The Morgan fingerprint density at radius 1 is 0.556 bits per heavy atom. The monoisotopic (exact) mass is 769 g/mol. The molecule has 0 aliphatic heterocycles. The van der Waals surface area contributed by atoms with Crippen LogP contribution in [0.3, 0.4) is 0 Å². The molecule has 0 fully saturated rings. The maximum absolute atomic E-state index is 13.7. The van der Waals surface area contributed by atoms with Gasteiger partial charge in [-0.2, -0.15) is 0 Å². The highest BCUT2D eigenvalue weighted by molar-refractivity contribution is 5.97. The van der Waals surface area contributed by atoms with Gasteiger partial charge < -0.3 is 54.2 Å². The number of hydrogen-bond donors (Lipinski definition) is 10. The molecule has 0 aromatic rings. The van der Waals surface area contributed by atoms with Gasteiger partial charge in [-0.3, -0.25) is 38.4 Å². The minimum absolute atomic E-state index is 0.0362. The first-order valence-electron chi connectivity index (χ1n) is 18.3. The Bertz CT molecular complexity index is 1340. The van der Waals surface area contributed by atoms with Crippen molar-refractivity contribution >= 4 is 53.2 Å². The summed E-state index contributed by atoms with van der Waals surface area (Å²) in [7, 11) is 0. The Hall–Kier alpha value is -4.81. The van der Waals surface area contributed by atoms with Gasteiger partial charge in [0.1, 0.15) is 36.3 Å². The second-order valence-electron chi connectivity index (χ2n) is 14.9. The predicted octanol–water partition coefficient (Wildman–Crippen LogP) is -1.74. The van der Waals surface area contributed by atoms with Crippen LogP contribution in [0.5, 0.6) is 0 Å². The van der Waals surface area contributed by atoms with Crippen LogP contribution in [0.25, 0.3) is 0 Å². The lowest BCUT2D eigenvalue weighted by Gasteiger charge is -2.29. The number of carbonyl (C=O) groups excluding carboxylic acids is 8. The zero-order valence-electron chi connectivity index (χ0n) is 32.9. The molecule has 19 heteroatoms. The predicted molar refractivity (Wildman–Crippen MR) is 198 cm³/mol. The summed E-state index contributed by atoms with van der Waals surface area (Å²) in [6.07, 6.45) is -0.390. The summed E-state index contributed by atoms with van der Waals surface area (Å²) in [5.74, 6) is -8.67. The SMILES string of the molecule is CCC(C)C(NC(=O)C(CCC(N)=O)NC(=O)C(CC(C)C)NC(=O)C(NC(=O)C(N)CC(N)=O)C(C)C)C(=O)NC(C)C(=O)NC(CC(C)C)C(=O)O. The lowest BCUT2D eigenvalue weighted by atomic mass is 9.96. The molecule has 8 amide bonds. The van der Waals surface area contributed by atoms with Crippen LogP contribution < -0.4 is 49.1 Å². The molecule has 0 radical (unpaired) electrons. The first kappa shape index (κ1) is 49.2. The minimum Gasteiger partial charge on any atom is -0.480 e. The maximum atomic E-state index is 13.7. The molecule has 8 atom stereocenters. The molecule has 13 N–H and O–H groups in total. The quantitative estimate of drug-likeness (QED) is 0.0497.